The molecule has 0 spiro atoms. The van der Waals surface area contributed by atoms with Crippen molar-refractivity contribution in [1.29, 1.82) is 0 Å². The highest BCUT2D eigenvalue weighted by Gasteiger charge is 2.31. The third-order valence-corrected chi connectivity index (χ3v) is 4.32. The molecule has 2 rings (SSSR count). The van der Waals surface area contributed by atoms with Crippen LogP contribution in [0.5, 0.6) is 0 Å². The number of aliphatic hydroxyl groups is 1. The lowest BCUT2D eigenvalue weighted by Crippen LogP contribution is -2.48. The molecule has 1 aromatic rings. The number of aryl methyl sites for hydroxylation is 1. The molecule has 4 N–H and O–H groups in total. The minimum atomic E-state index is -0.524. The maximum Gasteiger partial charge on any atom is 0.227 e. The summed E-state index contributed by atoms with van der Waals surface area (Å²) in [4.78, 5) is 18.3. The number of hydrogen-bond acceptors (Lipinski definition) is 6. The highest BCUT2D eigenvalue weighted by Crippen LogP contribution is 2.16. The number of piperidine rings is 1. The Morgan fingerprint density at radius 2 is 2.50 bits per heavy atom. The van der Waals surface area contributed by atoms with Gasteiger partial charge in [0.15, 0.2) is 5.13 Å². The van der Waals surface area contributed by atoms with E-state index in [-0.39, 0.29) is 11.8 Å². The first-order valence-corrected chi connectivity index (χ1v) is 7.78. The average molecular weight is 298 g/mol. The fourth-order valence-corrected chi connectivity index (χ4v) is 3.01. The molecule has 0 aromatic carbocycles. The molecule has 1 amide bonds. The van der Waals surface area contributed by atoms with Gasteiger partial charge < -0.3 is 21.1 Å². The second-order valence-electron chi connectivity index (χ2n) is 5.30. The number of nitrogens with one attached hydrogen (secondary N) is 1. The van der Waals surface area contributed by atoms with Gasteiger partial charge in [0.2, 0.25) is 5.91 Å². The molecule has 6 nitrogen and oxygen atoms in total. The molecule has 0 bridgehead atoms. The van der Waals surface area contributed by atoms with E-state index in [1.54, 1.807) is 0 Å². The summed E-state index contributed by atoms with van der Waals surface area (Å²) in [6.45, 7) is 2.06. The van der Waals surface area contributed by atoms with Crippen molar-refractivity contribution in [2.24, 2.45) is 5.92 Å². The van der Waals surface area contributed by atoms with Gasteiger partial charge in [0, 0.05) is 25.0 Å². The number of hydrogen-bond donors (Lipinski definition) is 3. The smallest absolute Gasteiger partial charge is 0.227 e. The molecule has 1 aliphatic rings. The normalized spacial score (nSPS) is 23.7. The summed E-state index contributed by atoms with van der Waals surface area (Å²) >= 11 is 1.43. The Morgan fingerprint density at radius 3 is 3.20 bits per heavy atom. The topological polar surface area (TPSA) is 91.5 Å². The minimum Gasteiger partial charge on any atom is -0.392 e. The molecule has 7 heteroatoms. The number of aromatic nitrogens is 1. The van der Waals surface area contributed by atoms with Gasteiger partial charge in [-0.05, 0) is 26.3 Å². The van der Waals surface area contributed by atoms with Crippen LogP contribution >= 0.6 is 11.3 Å². The molecule has 0 aliphatic carbocycles. The molecular formula is C13H22N4O2S. The minimum absolute atomic E-state index is 0.0539. The lowest BCUT2D eigenvalue weighted by molar-refractivity contribution is -0.131. The number of likely N-dealkylation sites (tertiary alicyclic amines) is 1. The van der Waals surface area contributed by atoms with E-state index in [0.29, 0.717) is 24.6 Å². The maximum atomic E-state index is 12.0. The van der Waals surface area contributed by atoms with Crippen LogP contribution < -0.4 is 11.1 Å². The molecular weight excluding hydrogens is 276 g/mol. The molecule has 1 aliphatic heterocycles. The van der Waals surface area contributed by atoms with Gasteiger partial charge in [-0.25, -0.2) is 4.98 Å². The largest absolute Gasteiger partial charge is 0.392 e. The molecule has 0 unspecified atom stereocenters. The van der Waals surface area contributed by atoms with Crippen molar-refractivity contribution in [3.05, 3.63) is 11.1 Å². The van der Waals surface area contributed by atoms with Gasteiger partial charge in [-0.2, -0.15) is 0 Å². The predicted octanol–water partition coefficient (Wildman–Crippen LogP) is 0.0867. The molecule has 1 saturated heterocycles. The van der Waals surface area contributed by atoms with E-state index >= 15 is 0 Å². The van der Waals surface area contributed by atoms with Crippen molar-refractivity contribution in [3.8, 4) is 0 Å². The number of aliphatic hydroxyl groups excluding tert-OH is 1. The summed E-state index contributed by atoms with van der Waals surface area (Å²) in [5.74, 6) is -0.370. The van der Waals surface area contributed by atoms with E-state index in [4.69, 9.17) is 5.73 Å². The lowest BCUT2D eigenvalue weighted by Gasteiger charge is -2.32. The van der Waals surface area contributed by atoms with Gasteiger partial charge in [-0.1, -0.05) is 0 Å². The Morgan fingerprint density at radius 1 is 1.70 bits per heavy atom. The molecule has 0 saturated carbocycles. The van der Waals surface area contributed by atoms with E-state index in [2.05, 4.69) is 15.2 Å². The van der Waals surface area contributed by atoms with Crippen LogP contribution in [0.3, 0.4) is 0 Å². The van der Waals surface area contributed by atoms with E-state index in [9.17, 15) is 9.90 Å². The van der Waals surface area contributed by atoms with Crippen molar-refractivity contribution in [3.63, 3.8) is 0 Å². The van der Waals surface area contributed by atoms with E-state index < -0.39 is 6.10 Å². The van der Waals surface area contributed by atoms with E-state index in [0.717, 1.165) is 25.1 Å². The van der Waals surface area contributed by atoms with Crippen LogP contribution in [-0.2, 0) is 11.2 Å². The lowest BCUT2D eigenvalue weighted by atomic mass is 9.94. The summed E-state index contributed by atoms with van der Waals surface area (Å²) in [5, 5.41) is 15.3. The van der Waals surface area contributed by atoms with Gasteiger partial charge in [-0.3, -0.25) is 4.79 Å². The summed E-state index contributed by atoms with van der Waals surface area (Å²) in [6.07, 6.45) is 1.77. The first kappa shape index (κ1) is 15.2. The summed E-state index contributed by atoms with van der Waals surface area (Å²) in [6, 6.07) is 0. The number of nitrogens with two attached hydrogens (primary N) is 1. The van der Waals surface area contributed by atoms with Crippen molar-refractivity contribution in [2.45, 2.75) is 25.4 Å². The monoisotopic (exact) mass is 298 g/mol. The van der Waals surface area contributed by atoms with Crippen molar-refractivity contribution in [1.82, 2.24) is 15.2 Å². The van der Waals surface area contributed by atoms with Crippen molar-refractivity contribution < 1.29 is 9.90 Å². The number of rotatable bonds is 5. The van der Waals surface area contributed by atoms with E-state index in [1.165, 1.54) is 11.3 Å². The first-order valence-electron chi connectivity index (χ1n) is 6.90. The Labute approximate surface area is 123 Å². The fourth-order valence-electron chi connectivity index (χ4n) is 2.41. The molecule has 0 radical (unpaired) electrons. The van der Waals surface area contributed by atoms with Crippen LogP contribution in [0, 0.1) is 5.92 Å². The maximum absolute atomic E-state index is 12.0. The van der Waals surface area contributed by atoms with Gasteiger partial charge in [0.05, 0.1) is 17.7 Å². The third kappa shape index (κ3) is 4.16. The molecule has 2 heterocycles. The number of nitrogen functional groups attached to an aromatic ring is 1. The van der Waals surface area contributed by atoms with E-state index in [1.807, 2.05) is 12.4 Å². The summed E-state index contributed by atoms with van der Waals surface area (Å²) in [7, 11) is 1.97. The van der Waals surface area contributed by atoms with Crippen LogP contribution in [0.4, 0.5) is 5.13 Å². The second-order valence-corrected chi connectivity index (χ2v) is 6.19. The van der Waals surface area contributed by atoms with Crippen molar-refractivity contribution in [2.75, 3.05) is 32.4 Å². The van der Waals surface area contributed by atoms with Crippen LogP contribution in [0.25, 0.3) is 0 Å². The molecule has 1 fully saturated rings. The number of amides is 1. The number of thiazole rings is 1. The van der Waals surface area contributed by atoms with Crippen molar-refractivity contribution >= 4 is 22.4 Å². The molecule has 112 valence electrons. The average Bonchev–Trinajstić information content (AvgIpc) is 2.83. The number of carbonyl (C=O) groups is 1. The second kappa shape index (κ2) is 7.01. The zero-order valence-electron chi connectivity index (χ0n) is 11.7. The van der Waals surface area contributed by atoms with Crippen LogP contribution in [0.15, 0.2) is 5.38 Å². The summed E-state index contributed by atoms with van der Waals surface area (Å²) < 4.78 is 0. The van der Waals surface area contributed by atoms with Crippen LogP contribution in [0.1, 0.15) is 18.5 Å². The van der Waals surface area contributed by atoms with Gasteiger partial charge in [0.25, 0.3) is 0 Å². The zero-order chi connectivity index (χ0) is 14.5. The molecule has 20 heavy (non-hydrogen) atoms. The van der Waals surface area contributed by atoms with Gasteiger partial charge in [-0.15, -0.1) is 11.3 Å². The third-order valence-electron chi connectivity index (χ3n) is 3.59. The number of nitrogens with zero attached hydrogens (tertiary/aromatic N) is 2. The SMILES string of the molecule is CN1CC[C@H](O)[C@H](C(=O)NCCCc2csc(N)n2)C1. The van der Waals surface area contributed by atoms with Gasteiger partial charge in [0.1, 0.15) is 0 Å². The number of carbonyl (C=O) groups excluding carboxylic acids is 1. The highest BCUT2D eigenvalue weighted by atomic mass is 32.1. The highest BCUT2D eigenvalue weighted by molar-refractivity contribution is 7.13. The number of anilines is 1. The predicted molar refractivity (Wildman–Crippen MR) is 79.5 cm³/mol. The van der Waals surface area contributed by atoms with Gasteiger partial charge >= 0.3 is 0 Å². The zero-order valence-corrected chi connectivity index (χ0v) is 12.5. The Kier molecular flexibility index (Phi) is 5.33. The fraction of sp³-hybridized carbons (Fsp3) is 0.692. The first-order chi connectivity index (χ1) is 9.56. The molecule has 1 aromatic heterocycles. The Hall–Kier alpha value is -1.18. The Balaban J connectivity index is 1.69. The van der Waals surface area contributed by atoms with Crippen LogP contribution in [-0.4, -0.2) is 53.7 Å². The standard InChI is InChI=1S/C13H22N4O2S/c1-17-6-4-11(18)10(7-17)12(19)15-5-2-3-9-8-20-13(14)16-9/h8,10-11,18H,2-7H2,1H3,(H2,14,16)(H,15,19)/t10-,11+/m1/s1. The summed E-state index contributed by atoms with van der Waals surface area (Å²) in [5.41, 5.74) is 6.53. The quantitative estimate of drug-likeness (QED) is 0.670. The Bertz CT molecular complexity index is 451. The molecule has 2 atom stereocenters. The van der Waals surface area contributed by atoms with Crippen LogP contribution in [0.2, 0.25) is 0 Å².